The highest BCUT2D eigenvalue weighted by Crippen LogP contribution is 2.36. The van der Waals surface area contributed by atoms with Crippen molar-refractivity contribution in [3.63, 3.8) is 0 Å². The number of fused-ring (bicyclic) bond motifs is 1. The lowest BCUT2D eigenvalue weighted by molar-refractivity contribution is 0.402. The Morgan fingerprint density at radius 3 is 2.67 bits per heavy atom. The van der Waals surface area contributed by atoms with Gasteiger partial charge in [-0.15, -0.1) is 0 Å². The average Bonchev–Trinajstić information content (AvgIpc) is 2.35. The number of rotatable bonds is 0. The van der Waals surface area contributed by atoms with Gasteiger partial charge in [-0.25, -0.2) is 0 Å². The number of phenols is 2. The summed E-state index contributed by atoms with van der Waals surface area (Å²) in [6, 6.07) is 3.17. The summed E-state index contributed by atoms with van der Waals surface area (Å²) in [7, 11) is 0. The molecule has 1 aromatic carbocycles. The largest absolute Gasteiger partial charge is 0.504 e. The van der Waals surface area contributed by atoms with Crippen molar-refractivity contribution in [2.24, 2.45) is 5.73 Å². The van der Waals surface area contributed by atoms with Crippen LogP contribution in [0.5, 0.6) is 11.5 Å². The second-order valence-corrected chi connectivity index (χ2v) is 3.18. The molecule has 0 heterocycles. The highest BCUT2D eigenvalue weighted by Gasteiger charge is 2.20. The number of hydrogen-bond acceptors (Lipinski definition) is 3. The fraction of sp³-hybridized carbons (Fsp3) is 0.333. The third kappa shape index (κ3) is 0.940. The van der Waals surface area contributed by atoms with E-state index in [2.05, 4.69) is 0 Å². The molecular weight excluding hydrogens is 154 g/mol. The molecule has 3 heteroatoms. The van der Waals surface area contributed by atoms with Crippen LogP contribution in [0.3, 0.4) is 0 Å². The molecule has 64 valence electrons. The molecule has 0 fully saturated rings. The maximum Gasteiger partial charge on any atom is 0.157 e. The molecule has 1 atom stereocenters. The highest BCUT2D eigenvalue weighted by atomic mass is 16.3. The molecule has 0 saturated heterocycles. The number of phenolic OH excluding ortho intramolecular Hbond substituents is 2. The van der Waals surface area contributed by atoms with Gasteiger partial charge < -0.3 is 15.9 Å². The predicted molar refractivity (Wildman–Crippen MR) is 45.0 cm³/mol. The molecule has 0 radical (unpaired) electrons. The van der Waals surface area contributed by atoms with Crippen molar-refractivity contribution < 1.29 is 10.2 Å². The van der Waals surface area contributed by atoms with Crippen molar-refractivity contribution in [1.82, 2.24) is 0 Å². The fourth-order valence-corrected chi connectivity index (χ4v) is 1.66. The third-order valence-electron chi connectivity index (χ3n) is 2.36. The maximum absolute atomic E-state index is 9.20. The van der Waals surface area contributed by atoms with E-state index < -0.39 is 0 Å². The summed E-state index contributed by atoms with van der Waals surface area (Å²) in [5.41, 5.74) is 7.79. The second kappa shape index (κ2) is 2.38. The van der Waals surface area contributed by atoms with E-state index in [0.717, 1.165) is 24.0 Å². The van der Waals surface area contributed by atoms with Crippen LogP contribution in [0.25, 0.3) is 0 Å². The fourth-order valence-electron chi connectivity index (χ4n) is 1.66. The van der Waals surface area contributed by atoms with Crippen molar-refractivity contribution in [3.8, 4) is 11.5 Å². The molecule has 0 aromatic heterocycles. The van der Waals surface area contributed by atoms with E-state index in [-0.39, 0.29) is 17.5 Å². The van der Waals surface area contributed by atoms with E-state index in [1.807, 2.05) is 0 Å². The summed E-state index contributed by atoms with van der Waals surface area (Å²) in [5, 5.41) is 18.4. The Hall–Kier alpha value is -1.22. The van der Waals surface area contributed by atoms with Gasteiger partial charge in [0.2, 0.25) is 0 Å². The molecule has 0 saturated carbocycles. The zero-order valence-electron chi connectivity index (χ0n) is 6.62. The van der Waals surface area contributed by atoms with Gasteiger partial charge in [-0.2, -0.15) is 0 Å². The molecular formula is C9H11NO2. The summed E-state index contributed by atoms with van der Waals surface area (Å²) in [6.45, 7) is 0. The summed E-state index contributed by atoms with van der Waals surface area (Å²) < 4.78 is 0. The lowest BCUT2D eigenvalue weighted by atomic mass is 10.1. The SMILES string of the molecule is NC1CCc2cc(O)c(O)cc21. The standard InChI is InChI=1S/C9H11NO2/c10-7-2-1-5-3-8(11)9(12)4-6(5)7/h3-4,7,11-12H,1-2,10H2. The Kier molecular flexibility index (Phi) is 1.48. The maximum atomic E-state index is 9.20. The molecule has 0 amide bonds. The van der Waals surface area contributed by atoms with Gasteiger partial charge >= 0.3 is 0 Å². The van der Waals surface area contributed by atoms with Gasteiger partial charge in [0.05, 0.1) is 0 Å². The number of nitrogens with two attached hydrogens (primary N) is 1. The Morgan fingerprint density at radius 2 is 1.92 bits per heavy atom. The Balaban J connectivity index is 2.56. The van der Waals surface area contributed by atoms with E-state index in [4.69, 9.17) is 5.73 Å². The van der Waals surface area contributed by atoms with Crippen LogP contribution in [0.1, 0.15) is 23.6 Å². The lowest BCUT2D eigenvalue weighted by Crippen LogP contribution is -2.04. The van der Waals surface area contributed by atoms with Crippen molar-refractivity contribution in [1.29, 1.82) is 0 Å². The number of aromatic hydroxyl groups is 2. The van der Waals surface area contributed by atoms with Crippen LogP contribution in [0.4, 0.5) is 0 Å². The van der Waals surface area contributed by atoms with Crippen LogP contribution < -0.4 is 5.73 Å². The molecule has 2 rings (SSSR count). The van der Waals surface area contributed by atoms with Gasteiger partial charge in [-0.3, -0.25) is 0 Å². The Morgan fingerprint density at radius 1 is 1.25 bits per heavy atom. The average molecular weight is 165 g/mol. The third-order valence-corrected chi connectivity index (χ3v) is 2.36. The molecule has 1 aromatic rings. The summed E-state index contributed by atoms with van der Waals surface area (Å²) in [5.74, 6) is -0.131. The van der Waals surface area contributed by atoms with Crippen LogP contribution in [0.15, 0.2) is 12.1 Å². The molecule has 0 bridgehead atoms. The van der Waals surface area contributed by atoms with Gasteiger partial charge in [-0.1, -0.05) is 0 Å². The number of hydrogen-bond donors (Lipinski definition) is 3. The molecule has 3 nitrogen and oxygen atoms in total. The summed E-state index contributed by atoms with van der Waals surface area (Å²) in [4.78, 5) is 0. The minimum Gasteiger partial charge on any atom is -0.504 e. The first kappa shape index (κ1) is 7.43. The monoisotopic (exact) mass is 165 g/mol. The number of aryl methyl sites for hydroxylation is 1. The molecule has 0 aliphatic heterocycles. The first-order valence-electron chi connectivity index (χ1n) is 3.99. The van der Waals surface area contributed by atoms with Gasteiger partial charge in [0.1, 0.15) is 0 Å². The topological polar surface area (TPSA) is 66.5 Å². The van der Waals surface area contributed by atoms with Crippen molar-refractivity contribution in [2.45, 2.75) is 18.9 Å². The first-order chi connectivity index (χ1) is 5.68. The van der Waals surface area contributed by atoms with Crippen LogP contribution in [-0.4, -0.2) is 10.2 Å². The van der Waals surface area contributed by atoms with Crippen LogP contribution in [0.2, 0.25) is 0 Å². The van der Waals surface area contributed by atoms with E-state index in [1.165, 1.54) is 0 Å². The van der Waals surface area contributed by atoms with E-state index >= 15 is 0 Å². The van der Waals surface area contributed by atoms with Gasteiger partial charge in [0.15, 0.2) is 11.5 Å². The van der Waals surface area contributed by atoms with E-state index in [1.54, 1.807) is 12.1 Å². The van der Waals surface area contributed by atoms with E-state index in [9.17, 15) is 10.2 Å². The van der Waals surface area contributed by atoms with Crippen LogP contribution in [0, 0.1) is 0 Å². The van der Waals surface area contributed by atoms with Gasteiger partial charge in [-0.05, 0) is 36.1 Å². The number of benzene rings is 1. The van der Waals surface area contributed by atoms with Crippen LogP contribution >= 0.6 is 0 Å². The summed E-state index contributed by atoms with van der Waals surface area (Å²) in [6.07, 6.45) is 1.79. The zero-order valence-corrected chi connectivity index (χ0v) is 6.62. The summed E-state index contributed by atoms with van der Waals surface area (Å²) >= 11 is 0. The molecule has 12 heavy (non-hydrogen) atoms. The molecule has 4 N–H and O–H groups in total. The van der Waals surface area contributed by atoms with Crippen LogP contribution in [-0.2, 0) is 6.42 Å². The Bertz CT molecular complexity index is 323. The van der Waals surface area contributed by atoms with E-state index in [0.29, 0.717) is 0 Å². The second-order valence-electron chi connectivity index (χ2n) is 3.18. The minimum absolute atomic E-state index is 0.0199. The molecule has 1 unspecified atom stereocenters. The molecule has 0 spiro atoms. The molecule has 1 aliphatic carbocycles. The van der Waals surface area contributed by atoms with Gasteiger partial charge in [0, 0.05) is 6.04 Å². The van der Waals surface area contributed by atoms with Crippen molar-refractivity contribution in [3.05, 3.63) is 23.3 Å². The smallest absolute Gasteiger partial charge is 0.157 e. The highest BCUT2D eigenvalue weighted by molar-refractivity contribution is 5.48. The van der Waals surface area contributed by atoms with Gasteiger partial charge in [0.25, 0.3) is 0 Å². The van der Waals surface area contributed by atoms with Crippen molar-refractivity contribution >= 4 is 0 Å². The minimum atomic E-state index is -0.0777. The zero-order chi connectivity index (χ0) is 8.72. The van der Waals surface area contributed by atoms with Crippen molar-refractivity contribution in [2.75, 3.05) is 0 Å². The molecule has 1 aliphatic rings. The normalized spacial score (nSPS) is 20.9. The first-order valence-corrected chi connectivity index (χ1v) is 3.99. The predicted octanol–water partition coefficient (Wildman–Crippen LogP) is 1.04. The Labute approximate surface area is 70.4 Å². The lowest BCUT2D eigenvalue weighted by Gasteiger charge is -2.05. The quantitative estimate of drug-likeness (QED) is 0.503.